The Hall–Kier alpha value is -2.62. The van der Waals surface area contributed by atoms with Gasteiger partial charge in [-0.05, 0) is 24.1 Å². The van der Waals surface area contributed by atoms with Crippen LogP contribution in [0, 0.1) is 6.92 Å². The number of para-hydroxylation sites is 1. The molecule has 0 heterocycles. The predicted octanol–water partition coefficient (Wildman–Crippen LogP) is 2.71. The van der Waals surface area contributed by atoms with E-state index in [0.717, 1.165) is 21.6 Å². The molecule has 0 aliphatic rings. The topological polar surface area (TPSA) is 57.6 Å². The minimum atomic E-state index is -1.47. The SMILES string of the molecule is Cc1ccccc1-c1ccccc1N(C)C(=O)C(=O)O. The predicted molar refractivity (Wildman–Crippen MR) is 77.7 cm³/mol. The lowest BCUT2D eigenvalue weighted by Gasteiger charge is -2.19. The molecule has 2 rings (SSSR count). The average molecular weight is 269 g/mol. The zero-order valence-corrected chi connectivity index (χ0v) is 11.3. The van der Waals surface area contributed by atoms with E-state index in [1.54, 1.807) is 12.1 Å². The third kappa shape index (κ3) is 2.54. The van der Waals surface area contributed by atoms with Crippen molar-refractivity contribution in [3.05, 3.63) is 54.1 Å². The standard InChI is InChI=1S/C16H15NO3/c1-11-7-3-4-8-12(11)13-9-5-6-10-14(13)17(2)15(18)16(19)20/h3-10H,1-2H3,(H,19,20). The van der Waals surface area contributed by atoms with E-state index in [4.69, 9.17) is 5.11 Å². The molecule has 1 amide bonds. The van der Waals surface area contributed by atoms with Crippen LogP contribution in [0.5, 0.6) is 0 Å². The minimum absolute atomic E-state index is 0.578. The zero-order valence-electron chi connectivity index (χ0n) is 11.3. The molecule has 0 spiro atoms. The van der Waals surface area contributed by atoms with E-state index in [-0.39, 0.29) is 0 Å². The molecule has 4 nitrogen and oxygen atoms in total. The summed E-state index contributed by atoms with van der Waals surface area (Å²) in [4.78, 5) is 23.6. The summed E-state index contributed by atoms with van der Waals surface area (Å²) >= 11 is 0. The number of carboxylic acids is 1. The maximum atomic E-state index is 11.6. The maximum absolute atomic E-state index is 11.6. The van der Waals surface area contributed by atoms with Gasteiger partial charge in [0.25, 0.3) is 0 Å². The molecule has 0 unspecified atom stereocenters. The molecule has 102 valence electrons. The molecule has 0 saturated heterocycles. The van der Waals surface area contributed by atoms with Crippen LogP contribution in [0.15, 0.2) is 48.5 Å². The summed E-state index contributed by atoms with van der Waals surface area (Å²) in [7, 11) is 1.47. The second-order valence-corrected chi connectivity index (χ2v) is 4.50. The van der Waals surface area contributed by atoms with Crippen molar-refractivity contribution in [1.82, 2.24) is 0 Å². The highest BCUT2D eigenvalue weighted by atomic mass is 16.4. The van der Waals surface area contributed by atoms with E-state index >= 15 is 0 Å². The Morgan fingerprint density at radius 3 is 2.10 bits per heavy atom. The third-order valence-corrected chi connectivity index (χ3v) is 3.19. The highest BCUT2D eigenvalue weighted by Crippen LogP contribution is 2.32. The number of hydrogen-bond donors (Lipinski definition) is 1. The second-order valence-electron chi connectivity index (χ2n) is 4.50. The summed E-state index contributed by atoms with van der Waals surface area (Å²) in [6.07, 6.45) is 0. The van der Waals surface area contributed by atoms with Gasteiger partial charge in [0, 0.05) is 12.6 Å². The van der Waals surface area contributed by atoms with Crippen molar-refractivity contribution in [2.24, 2.45) is 0 Å². The summed E-state index contributed by atoms with van der Waals surface area (Å²) in [5.41, 5.74) is 3.46. The molecule has 0 aliphatic heterocycles. The van der Waals surface area contributed by atoms with Crippen molar-refractivity contribution in [2.45, 2.75) is 6.92 Å². The number of carboxylic acid groups (broad SMARTS) is 1. The Morgan fingerprint density at radius 1 is 0.950 bits per heavy atom. The molecule has 0 aromatic heterocycles. The van der Waals surface area contributed by atoms with Crippen molar-refractivity contribution >= 4 is 17.6 Å². The van der Waals surface area contributed by atoms with Gasteiger partial charge in [0.05, 0.1) is 5.69 Å². The number of aliphatic carboxylic acids is 1. The molecule has 1 N–H and O–H groups in total. The van der Waals surface area contributed by atoms with Gasteiger partial charge in [-0.3, -0.25) is 4.79 Å². The summed E-state index contributed by atoms with van der Waals surface area (Å²) in [6.45, 7) is 1.98. The number of carbonyl (C=O) groups is 2. The molecular formula is C16H15NO3. The fraction of sp³-hybridized carbons (Fsp3) is 0.125. The van der Waals surface area contributed by atoms with Gasteiger partial charge >= 0.3 is 11.9 Å². The number of rotatable bonds is 2. The molecule has 0 fully saturated rings. The van der Waals surface area contributed by atoms with Crippen molar-refractivity contribution < 1.29 is 14.7 Å². The molecule has 2 aromatic rings. The fourth-order valence-corrected chi connectivity index (χ4v) is 2.12. The van der Waals surface area contributed by atoms with Crippen LogP contribution < -0.4 is 4.90 Å². The molecule has 0 bridgehead atoms. The van der Waals surface area contributed by atoms with E-state index in [1.165, 1.54) is 7.05 Å². The molecular weight excluding hydrogens is 254 g/mol. The number of hydrogen-bond acceptors (Lipinski definition) is 2. The van der Waals surface area contributed by atoms with Gasteiger partial charge in [0.15, 0.2) is 0 Å². The Labute approximate surface area is 117 Å². The van der Waals surface area contributed by atoms with Gasteiger partial charge in [-0.15, -0.1) is 0 Å². The highest BCUT2D eigenvalue weighted by Gasteiger charge is 2.21. The number of likely N-dealkylation sites (N-methyl/N-ethyl adjacent to an activating group) is 1. The normalized spacial score (nSPS) is 10.1. The number of nitrogens with zero attached hydrogens (tertiary/aromatic N) is 1. The average Bonchev–Trinajstić information content (AvgIpc) is 2.46. The maximum Gasteiger partial charge on any atom is 0.394 e. The first-order valence-corrected chi connectivity index (χ1v) is 6.18. The van der Waals surface area contributed by atoms with Gasteiger partial charge in [0.1, 0.15) is 0 Å². The lowest BCUT2D eigenvalue weighted by atomic mass is 9.98. The molecule has 4 heteroatoms. The number of aryl methyl sites for hydroxylation is 1. The third-order valence-electron chi connectivity index (χ3n) is 3.19. The summed E-state index contributed by atoms with van der Waals surface area (Å²) in [6, 6.07) is 15.0. The molecule has 20 heavy (non-hydrogen) atoms. The van der Waals surface area contributed by atoms with Crippen LogP contribution in [-0.4, -0.2) is 24.0 Å². The largest absolute Gasteiger partial charge is 0.474 e. The zero-order chi connectivity index (χ0) is 14.7. The van der Waals surface area contributed by atoms with E-state index in [1.807, 2.05) is 43.3 Å². The van der Waals surface area contributed by atoms with E-state index < -0.39 is 11.9 Å². The van der Waals surface area contributed by atoms with Gasteiger partial charge in [0.2, 0.25) is 0 Å². The molecule has 0 atom stereocenters. The summed E-state index contributed by atoms with van der Waals surface area (Å²) < 4.78 is 0. The van der Waals surface area contributed by atoms with Gasteiger partial charge in [-0.2, -0.15) is 0 Å². The van der Waals surface area contributed by atoms with Crippen molar-refractivity contribution in [2.75, 3.05) is 11.9 Å². The second kappa shape index (κ2) is 5.57. The number of carbonyl (C=O) groups excluding carboxylic acids is 1. The van der Waals surface area contributed by atoms with Crippen LogP contribution in [0.4, 0.5) is 5.69 Å². The van der Waals surface area contributed by atoms with Gasteiger partial charge in [-0.25, -0.2) is 4.79 Å². The first-order chi connectivity index (χ1) is 9.52. The highest BCUT2D eigenvalue weighted by molar-refractivity contribution is 6.37. The first-order valence-electron chi connectivity index (χ1n) is 6.18. The summed E-state index contributed by atoms with van der Waals surface area (Å²) in [5.74, 6) is -2.42. The number of benzene rings is 2. The van der Waals surface area contributed by atoms with Crippen molar-refractivity contribution in [1.29, 1.82) is 0 Å². The van der Waals surface area contributed by atoms with Gasteiger partial charge < -0.3 is 10.0 Å². The molecule has 0 aliphatic carbocycles. The monoisotopic (exact) mass is 269 g/mol. The van der Waals surface area contributed by atoms with E-state index in [0.29, 0.717) is 5.69 Å². The minimum Gasteiger partial charge on any atom is -0.474 e. The Kier molecular flexibility index (Phi) is 3.84. The number of anilines is 1. The Morgan fingerprint density at radius 2 is 1.50 bits per heavy atom. The Bertz CT molecular complexity index is 664. The van der Waals surface area contributed by atoms with Crippen LogP contribution in [0.25, 0.3) is 11.1 Å². The van der Waals surface area contributed by atoms with Crippen molar-refractivity contribution in [3.63, 3.8) is 0 Å². The van der Waals surface area contributed by atoms with Crippen molar-refractivity contribution in [3.8, 4) is 11.1 Å². The smallest absolute Gasteiger partial charge is 0.394 e. The van der Waals surface area contributed by atoms with E-state index in [2.05, 4.69) is 0 Å². The number of amides is 1. The quantitative estimate of drug-likeness (QED) is 0.853. The van der Waals surface area contributed by atoms with Crippen LogP contribution in [0.3, 0.4) is 0 Å². The summed E-state index contributed by atoms with van der Waals surface area (Å²) in [5, 5.41) is 8.84. The molecule has 0 radical (unpaired) electrons. The van der Waals surface area contributed by atoms with Crippen LogP contribution in [0.2, 0.25) is 0 Å². The first kappa shape index (κ1) is 13.8. The van der Waals surface area contributed by atoms with Crippen LogP contribution >= 0.6 is 0 Å². The lowest BCUT2D eigenvalue weighted by molar-refractivity contribution is -0.148. The fourth-order valence-electron chi connectivity index (χ4n) is 2.12. The molecule has 2 aromatic carbocycles. The van der Waals surface area contributed by atoms with Crippen LogP contribution in [-0.2, 0) is 9.59 Å². The van der Waals surface area contributed by atoms with E-state index in [9.17, 15) is 9.59 Å². The van der Waals surface area contributed by atoms with Gasteiger partial charge in [-0.1, -0.05) is 42.5 Å². The molecule has 0 saturated carbocycles. The van der Waals surface area contributed by atoms with Crippen LogP contribution in [0.1, 0.15) is 5.56 Å². The lowest BCUT2D eigenvalue weighted by Crippen LogP contribution is -2.33. The Balaban J connectivity index is 2.55.